The highest BCUT2D eigenvalue weighted by molar-refractivity contribution is 7.88. The summed E-state index contributed by atoms with van der Waals surface area (Å²) in [7, 11) is -0.110. The summed E-state index contributed by atoms with van der Waals surface area (Å²) in [4.78, 5) is 33.1. The van der Waals surface area contributed by atoms with Gasteiger partial charge in [-0.2, -0.15) is 4.31 Å². The predicted molar refractivity (Wildman–Crippen MR) is 234 cm³/mol. The number of amides is 1. The number of sulfonamides is 1. The van der Waals surface area contributed by atoms with Crippen molar-refractivity contribution in [2.45, 2.75) is 44.2 Å². The molecule has 0 spiro atoms. The number of para-hydroxylation sites is 1. The van der Waals surface area contributed by atoms with Gasteiger partial charge in [0.2, 0.25) is 16.0 Å². The molecular formula is C45H47F2N9O5S. The second kappa shape index (κ2) is 16.9. The van der Waals surface area contributed by atoms with Crippen molar-refractivity contribution in [1.29, 1.82) is 0 Å². The van der Waals surface area contributed by atoms with Crippen LogP contribution in [0, 0.1) is 11.6 Å². The van der Waals surface area contributed by atoms with Crippen LogP contribution in [0.15, 0.2) is 85.2 Å². The van der Waals surface area contributed by atoms with Crippen LogP contribution in [0.2, 0.25) is 0 Å². The fourth-order valence-corrected chi connectivity index (χ4v) is 10.00. The zero-order chi connectivity index (χ0) is 43.1. The second-order valence-corrected chi connectivity index (χ2v) is 17.9. The number of nitrogens with one attached hydrogen (secondary N) is 2. The third-order valence-electron chi connectivity index (χ3n) is 12.2. The molecule has 6 aromatic rings. The smallest absolute Gasteiger partial charge is 0.259 e. The molecule has 2 saturated heterocycles. The van der Waals surface area contributed by atoms with E-state index in [9.17, 15) is 22.0 Å². The molecule has 3 aromatic carbocycles. The van der Waals surface area contributed by atoms with E-state index >= 15 is 0 Å². The molecule has 9 rings (SSSR count). The van der Waals surface area contributed by atoms with Gasteiger partial charge in [0.25, 0.3) is 5.91 Å². The van der Waals surface area contributed by atoms with E-state index in [2.05, 4.69) is 37.6 Å². The van der Waals surface area contributed by atoms with E-state index in [-0.39, 0.29) is 11.3 Å². The van der Waals surface area contributed by atoms with E-state index in [1.807, 2.05) is 28.8 Å². The molecule has 2 unspecified atom stereocenters. The average Bonchev–Trinajstić information content (AvgIpc) is 3.58. The van der Waals surface area contributed by atoms with Crippen molar-refractivity contribution in [3.63, 3.8) is 0 Å². The molecule has 2 atom stereocenters. The highest BCUT2D eigenvalue weighted by Crippen LogP contribution is 2.42. The van der Waals surface area contributed by atoms with E-state index in [0.29, 0.717) is 65.2 Å². The lowest BCUT2D eigenvalue weighted by atomic mass is 9.92. The van der Waals surface area contributed by atoms with Gasteiger partial charge in [0.1, 0.15) is 34.5 Å². The zero-order valence-corrected chi connectivity index (χ0v) is 35.5. The number of fused-ring (bicyclic) bond motifs is 4. The van der Waals surface area contributed by atoms with Crippen LogP contribution < -0.4 is 25.0 Å². The van der Waals surface area contributed by atoms with Gasteiger partial charge in [-0.3, -0.25) is 14.1 Å². The molecule has 17 heteroatoms. The molecule has 3 aliphatic rings. The normalized spacial score (nSPS) is 18.4. The number of ether oxygens (including phenoxy) is 2. The van der Waals surface area contributed by atoms with Gasteiger partial charge in [-0.25, -0.2) is 32.2 Å². The lowest BCUT2D eigenvalue weighted by molar-refractivity contribution is 0.102. The second-order valence-electron chi connectivity index (χ2n) is 15.9. The quantitative estimate of drug-likeness (QED) is 0.147. The van der Waals surface area contributed by atoms with Crippen LogP contribution in [-0.2, 0) is 16.4 Å². The first-order valence-corrected chi connectivity index (χ1v) is 22.5. The van der Waals surface area contributed by atoms with Crippen LogP contribution in [-0.4, -0.2) is 108 Å². The number of aryl methyl sites for hydroxylation is 1. The Morgan fingerprint density at radius 1 is 0.855 bits per heavy atom. The molecule has 322 valence electrons. The number of piperazine rings is 1. The number of nitrogens with zero attached hydrogens (tertiary/aromatic N) is 7. The largest absolute Gasteiger partial charge is 0.496 e. The third kappa shape index (κ3) is 8.02. The van der Waals surface area contributed by atoms with Crippen LogP contribution in [0.25, 0.3) is 28.3 Å². The Morgan fingerprint density at radius 2 is 1.65 bits per heavy atom. The zero-order valence-electron chi connectivity index (χ0n) is 34.6. The number of imidazole rings is 1. The van der Waals surface area contributed by atoms with Gasteiger partial charge in [0.15, 0.2) is 0 Å². The fourth-order valence-electron chi connectivity index (χ4n) is 9.17. The molecule has 3 aliphatic heterocycles. The minimum Gasteiger partial charge on any atom is -0.496 e. The Kier molecular flexibility index (Phi) is 11.3. The Labute approximate surface area is 358 Å². The van der Waals surface area contributed by atoms with Gasteiger partial charge in [-0.15, -0.1) is 0 Å². The summed E-state index contributed by atoms with van der Waals surface area (Å²) in [5, 5.41) is 5.79. The number of rotatable bonds is 10. The number of carbonyl (C=O) groups is 1. The molecule has 14 nitrogen and oxygen atoms in total. The summed E-state index contributed by atoms with van der Waals surface area (Å²) in [5.74, 6) is -1.37. The molecule has 0 radical (unpaired) electrons. The Hall–Kier alpha value is -6.17. The van der Waals surface area contributed by atoms with Gasteiger partial charge in [-0.05, 0) is 92.3 Å². The molecule has 0 bridgehead atoms. The van der Waals surface area contributed by atoms with Crippen molar-refractivity contribution < 1.29 is 31.5 Å². The number of piperidine rings is 1. The van der Waals surface area contributed by atoms with Gasteiger partial charge >= 0.3 is 0 Å². The first-order valence-electron chi connectivity index (χ1n) is 20.7. The molecule has 0 aliphatic carbocycles. The van der Waals surface area contributed by atoms with E-state index in [1.54, 1.807) is 41.9 Å². The number of benzene rings is 3. The number of halogens is 2. The number of aromatic nitrogens is 4. The van der Waals surface area contributed by atoms with Crippen LogP contribution >= 0.6 is 0 Å². The lowest BCUT2D eigenvalue weighted by Gasteiger charge is -2.46. The van der Waals surface area contributed by atoms with Crippen LogP contribution in [0.3, 0.4) is 0 Å². The molecule has 2 fully saturated rings. The van der Waals surface area contributed by atoms with E-state index in [0.717, 1.165) is 69.6 Å². The first kappa shape index (κ1) is 41.2. The van der Waals surface area contributed by atoms with Crippen molar-refractivity contribution in [2.75, 3.05) is 68.7 Å². The summed E-state index contributed by atoms with van der Waals surface area (Å²) in [6.07, 6.45) is 9.87. The molecule has 0 saturated carbocycles. The van der Waals surface area contributed by atoms with Gasteiger partial charge in [0.05, 0.1) is 48.8 Å². The molecular weight excluding hydrogens is 817 g/mol. The van der Waals surface area contributed by atoms with Crippen LogP contribution in [0.5, 0.6) is 11.5 Å². The number of methoxy groups -OCH3 is 2. The number of carbonyl (C=O) groups excluding carboxylic acids is 1. The number of pyridine rings is 1. The van der Waals surface area contributed by atoms with Gasteiger partial charge in [0, 0.05) is 74.5 Å². The highest BCUT2D eigenvalue weighted by Gasteiger charge is 2.36. The van der Waals surface area contributed by atoms with Crippen molar-refractivity contribution >= 4 is 44.6 Å². The highest BCUT2D eigenvalue weighted by atomic mass is 32.2. The molecule has 3 aromatic heterocycles. The number of hydrogen-bond donors (Lipinski definition) is 2. The Morgan fingerprint density at radius 3 is 2.40 bits per heavy atom. The average molecular weight is 864 g/mol. The van der Waals surface area contributed by atoms with Crippen molar-refractivity contribution in [3.05, 3.63) is 108 Å². The Balaban J connectivity index is 0.991. The van der Waals surface area contributed by atoms with E-state index in [4.69, 9.17) is 19.4 Å². The molecule has 2 N–H and O–H groups in total. The minimum atomic E-state index is -3.18. The maximum Gasteiger partial charge on any atom is 0.259 e. The first-order chi connectivity index (χ1) is 30.0. The summed E-state index contributed by atoms with van der Waals surface area (Å²) < 4.78 is 68.2. The van der Waals surface area contributed by atoms with Crippen molar-refractivity contribution in [2.24, 2.45) is 0 Å². The molecule has 62 heavy (non-hydrogen) atoms. The summed E-state index contributed by atoms with van der Waals surface area (Å²) in [6, 6.07) is 20.8. The predicted octanol–water partition coefficient (Wildman–Crippen LogP) is 7.00. The van der Waals surface area contributed by atoms with Crippen molar-refractivity contribution in [1.82, 2.24) is 28.6 Å². The van der Waals surface area contributed by atoms with Gasteiger partial charge < -0.3 is 25.0 Å². The van der Waals surface area contributed by atoms with E-state index in [1.165, 1.54) is 30.7 Å². The standard InChI is InChI=1S/C45H47F2N9O5S/c1-60-38-14-13-29(24-32(38)44(57)52-42-33(46)10-7-11-34(42)47)41-43(56-18-5-4-12-40(56)51-41)35-15-17-48-45(49-35)50-36-25-28-8-6-9-31-26-30(16-19-55(31)37(28)27-39(36)61-2)53-20-22-54(23-21-53)62(3,58)59/h4-5,7,10-15,17-18,24-25,27,30-31H,6,8-9,16,19-23,26H2,1-3H3,(H,52,57)(H,48,49,50). The monoisotopic (exact) mass is 863 g/mol. The minimum absolute atomic E-state index is 0.0525. The van der Waals surface area contributed by atoms with Crippen molar-refractivity contribution in [3.8, 4) is 34.1 Å². The number of hydrogen-bond acceptors (Lipinski definition) is 11. The number of anilines is 4. The van der Waals surface area contributed by atoms with Gasteiger partial charge in [-0.1, -0.05) is 12.1 Å². The molecule has 1 amide bonds. The maximum absolute atomic E-state index is 14.5. The van der Waals surface area contributed by atoms with Crippen LogP contribution in [0.4, 0.5) is 31.8 Å². The summed E-state index contributed by atoms with van der Waals surface area (Å²) in [6.45, 7) is 3.50. The SMILES string of the molecule is COc1cc2c(cc1Nc1nccc(-c3c(-c4ccc(OC)c(C(=O)Nc5c(F)cccc5F)c4)nc4ccccn34)n1)CCCC1CC(N3CCN(S(C)(=O)=O)CC3)CCN21. The topological polar surface area (TPSA) is 147 Å². The van der Waals surface area contributed by atoms with E-state index < -0.39 is 33.3 Å². The summed E-state index contributed by atoms with van der Waals surface area (Å²) in [5.41, 5.74) is 5.47. The maximum atomic E-state index is 14.5. The third-order valence-corrected chi connectivity index (χ3v) is 13.5. The fraction of sp³-hybridized carbons (Fsp3) is 0.333. The Bertz CT molecular complexity index is 2760. The lowest BCUT2D eigenvalue weighted by Crippen LogP contribution is -2.56. The van der Waals surface area contributed by atoms with Crippen LogP contribution in [0.1, 0.15) is 41.6 Å². The molecule has 6 heterocycles. The summed E-state index contributed by atoms with van der Waals surface area (Å²) >= 11 is 0.